The topological polar surface area (TPSA) is 131 Å². The highest BCUT2D eigenvalue weighted by atomic mass is 19.4. The number of nitrogens with zero attached hydrogens (tertiary/aromatic N) is 2. The standard InChI is InChI=1S/C25H34F3N5O4/c1-22(2,3)17(31-21(37)25(26,27)28)20(36)33-13-23(5-4-6-23)11-16(33)19(35)30-15(12-29)9-14-10-24(7-8-24)32-18(14)34/h14-17H,4-11,13H2,1-3H3,(H,30,35)(H,31,37)(H,32,34)/t14-,15+,16?,17-/m1/s1. The highest BCUT2D eigenvalue weighted by Crippen LogP contribution is 2.51. The minimum Gasteiger partial charge on any atom is -0.350 e. The van der Waals surface area contributed by atoms with Gasteiger partial charge in [0.1, 0.15) is 18.1 Å². The van der Waals surface area contributed by atoms with E-state index in [4.69, 9.17) is 0 Å². The van der Waals surface area contributed by atoms with Crippen molar-refractivity contribution in [3.05, 3.63) is 0 Å². The molecule has 2 spiro atoms. The van der Waals surface area contributed by atoms with Crippen molar-refractivity contribution in [2.24, 2.45) is 16.7 Å². The van der Waals surface area contributed by atoms with Crippen LogP contribution in [0, 0.1) is 28.1 Å². The third-order valence-corrected chi connectivity index (χ3v) is 8.40. The maximum atomic E-state index is 13.6. The van der Waals surface area contributed by atoms with Gasteiger partial charge < -0.3 is 20.9 Å². The molecular formula is C25H34F3N5O4. The van der Waals surface area contributed by atoms with Crippen LogP contribution in [0.15, 0.2) is 0 Å². The second-order valence-electron chi connectivity index (χ2n) is 12.4. The van der Waals surface area contributed by atoms with Gasteiger partial charge in [-0.3, -0.25) is 19.2 Å². The molecule has 4 rings (SSSR count). The van der Waals surface area contributed by atoms with Crippen molar-refractivity contribution < 1.29 is 32.3 Å². The van der Waals surface area contributed by atoms with Crippen LogP contribution in [0.4, 0.5) is 13.2 Å². The van der Waals surface area contributed by atoms with E-state index in [1.807, 2.05) is 11.4 Å². The SMILES string of the molecule is CC(C)(C)[C@H](NC(=O)C(F)(F)F)C(=O)N1CC2(CCC2)CC1C(=O)N[C@H](C#N)C[C@@H]1CC2(CC2)NC1=O. The molecule has 0 aromatic carbocycles. The van der Waals surface area contributed by atoms with Gasteiger partial charge in [0.2, 0.25) is 17.7 Å². The lowest BCUT2D eigenvalue weighted by Crippen LogP contribution is -2.59. The molecule has 37 heavy (non-hydrogen) atoms. The van der Waals surface area contributed by atoms with E-state index in [0.717, 1.165) is 32.1 Å². The van der Waals surface area contributed by atoms with Gasteiger partial charge in [0.25, 0.3) is 0 Å². The van der Waals surface area contributed by atoms with Crippen LogP contribution in [0.25, 0.3) is 0 Å². The number of rotatable bonds is 6. The van der Waals surface area contributed by atoms with Crippen molar-refractivity contribution in [3.63, 3.8) is 0 Å². The van der Waals surface area contributed by atoms with Crippen LogP contribution in [0.3, 0.4) is 0 Å². The van der Waals surface area contributed by atoms with Gasteiger partial charge in [0.05, 0.1) is 6.07 Å². The molecule has 2 aliphatic carbocycles. The van der Waals surface area contributed by atoms with E-state index in [-0.39, 0.29) is 29.8 Å². The van der Waals surface area contributed by atoms with Crippen LogP contribution in [-0.4, -0.2) is 64.9 Å². The first-order chi connectivity index (χ1) is 17.1. The van der Waals surface area contributed by atoms with Gasteiger partial charge in [-0.2, -0.15) is 18.4 Å². The Morgan fingerprint density at radius 1 is 1.14 bits per heavy atom. The molecule has 2 heterocycles. The number of hydrogen-bond acceptors (Lipinski definition) is 5. The predicted molar refractivity (Wildman–Crippen MR) is 124 cm³/mol. The summed E-state index contributed by atoms with van der Waals surface area (Å²) in [6.07, 6.45) is 0.218. The van der Waals surface area contributed by atoms with E-state index in [2.05, 4.69) is 10.6 Å². The van der Waals surface area contributed by atoms with Crippen LogP contribution in [-0.2, 0) is 19.2 Å². The maximum absolute atomic E-state index is 13.6. The Kier molecular flexibility index (Phi) is 6.74. The lowest BCUT2D eigenvalue weighted by atomic mass is 9.67. The van der Waals surface area contributed by atoms with Crippen molar-refractivity contribution in [2.45, 2.75) is 102 Å². The fourth-order valence-corrected chi connectivity index (χ4v) is 5.93. The lowest BCUT2D eigenvalue weighted by Gasteiger charge is -2.39. The molecular weight excluding hydrogens is 491 g/mol. The molecule has 4 fully saturated rings. The Bertz CT molecular complexity index is 1020. The van der Waals surface area contributed by atoms with Gasteiger partial charge >= 0.3 is 12.1 Å². The van der Waals surface area contributed by atoms with Gasteiger partial charge in [-0.25, -0.2) is 0 Å². The van der Waals surface area contributed by atoms with E-state index in [1.54, 1.807) is 20.8 Å². The third-order valence-electron chi connectivity index (χ3n) is 8.40. The fourth-order valence-electron chi connectivity index (χ4n) is 5.93. The summed E-state index contributed by atoms with van der Waals surface area (Å²) in [4.78, 5) is 52.3. The smallest absolute Gasteiger partial charge is 0.350 e. The zero-order chi connectivity index (χ0) is 27.4. The van der Waals surface area contributed by atoms with Gasteiger partial charge in [-0.1, -0.05) is 27.2 Å². The van der Waals surface area contributed by atoms with Crippen molar-refractivity contribution in [1.82, 2.24) is 20.9 Å². The average molecular weight is 526 g/mol. The first kappa shape index (κ1) is 27.2. The lowest BCUT2D eigenvalue weighted by molar-refractivity contribution is -0.176. The summed E-state index contributed by atoms with van der Waals surface area (Å²) in [6, 6.07) is -1.40. The number of likely N-dealkylation sites (tertiary alicyclic amines) is 1. The number of amides is 4. The highest BCUT2D eigenvalue weighted by molar-refractivity contribution is 5.94. The van der Waals surface area contributed by atoms with Crippen molar-refractivity contribution >= 4 is 23.6 Å². The van der Waals surface area contributed by atoms with Crippen molar-refractivity contribution in [1.29, 1.82) is 5.26 Å². The van der Waals surface area contributed by atoms with E-state index in [0.29, 0.717) is 12.8 Å². The summed E-state index contributed by atoms with van der Waals surface area (Å²) in [5, 5.41) is 17.2. The largest absolute Gasteiger partial charge is 0.471 e. The van der Waals surface area contributed by atoms with Crippen LogP contribution >= 0.6 is 0 Å². The Hall–Kier alpha value is -2.84. The highest BCUT2D eigenvalue weighted by Gasteiger charge is 2.55. The molecule has 2 saturated carbocycles. The normalized spacial score (nSPS) is 27.2. The molecule has 2 saturated heterocycles. The molecule has 9 nitrogen and oxygen atoms in total. The van der Waals surface area contributed by atoms with Crippen LogP contribution in [0.5, 0.6) is 0 Å². The van der Waals surface area contributed by atoms with Crippen LogP contribution in [0.2, 0.25) is 0 Å². The van der Waals surface area contributed by atoms with Gasteiger partial charge in [-0.05, 0) is 55.8 Å². The van der Waals surface area contributed by atoms with Gasteiger partial charge in [0.15, 0.2) is 0 Å². The summed E-state index contributed by atoms with van der Waals surface area (Å²) in [6.45, 7) is 4.83. The number of halogens is 3. The van der Waals surface area contributed by atoms with Crippen molar-refractivity contribution in [2.75, 3.05) is 6.54 Å². The fraction of sp³-hybridized carbons (Fsp3) is 0.800. The first-order valence-electron chi connectivity index (χ1n) is 12.8. The van der Waals surface area contributed by atoms with E-state index in [1.165, 1.54) is 4.90 Å². The zero-order valence-electron chi connectivity index (χ0n) is 21.3. The molecule has 0 radical (unpaired) electrons. The summed E-state index contributed by atoms with van der Waals surface area (Å²) in [7, 11) is 0. The molecule has 4 aliphatic rings. The van der Waals surface area contributed by atoms with Gasteiger partial charge in [0, 0.05) is 18.0 Å². The average Bonchev–Trinajstić information content (AvgIpc) is 3.25. The minimum atomic E-state index is -5.16. The second kappa shape index (κ2) is 9.17. The van der Waals surface area contributed by atoms with E-state index >= 15 is 0 Å². The molecule has 12 heteroatoms. The van der Waals surface area contributed by atoms with Crippen LogP contribution < -0.4 is 16.0 Å². The Balaban J connectivity index is 1.49. The molecule has 4 atom stereocenters. The summed E-state index contributed by atoms with van der Waals surface area (Å²) in [5.41, 5.74) is -1.53. The molecule has 1 unspecified atom stereocenters. The molecule has 4 amide bonds. The van der Waals surface area contributed by atoms with E-state index < -0.39 is 53.4 Å². The quantitative estimate of drug-likeness (QED) is 0.488. The number of carbonyl (C=O) groups is 4. The number of nitrogens with one attached hydrogen (secondary N) is 3. The van der Waals surface area contributed by atoms with Crippen molar-refractivity contribution in [3.8, 4) is 6.07 Å². The Morgan fingerprint density at radius 3 is 2.24 bits per heavy atom. The number of alkyl halides is 3. The summed E-state index contributed by atoms with van der Waals surface area (Å²) >= 11 is 0. The first-order valence-corrected chi connectivity index (χ1v) is 12.8. The van der Waals surface area contributed by atoms with Crippen LogP contribution in [0.1, 0.15) is 72.1 Å². The molecule has 0 bridgehead atoms. The Morgan fingerprint density at radius 2 is 1.78 bits per heavy atom. The Labute approximate surface area is 213 Å². The maximum Gasteiger partial charge on any atom is 0.471 e. The summed E-state index contributed by atoms with van der Waals surface area (Å²) in [5.74, 6) is -4.07. The predicted octanol–water partition coefficient (Wildman–Crippen LogP) is 1.92. The minimum absolute atomic E-state index is 0.133. The second-order valence-corrected chi connectivity index (χ2v) is 12.4. The molecule has 3 N–H and O–H groups in total. The van der Waals surface area contributed by atoms with E-state index in [9.17, 15) is 37.6 Å². The third kappa shape index (κ3) is 5.55. The monoisotopic (exact) mass is 525 g/mol. The summed E-state index contributed by atoms with van der Waals surface area (Å²) < 4.78 is 39.0. The molecule has 2 aliphatic heterocycles. The molecule has 0 aromatic heterocycles. The zero-order valence-corrected chi connectivity index (χ0v) is 21.3. The number of hydrogen-bond donors (Lipinski definition) is 3. The number of nitriles is 1. The van der Waals surface area contributed by atoms with Gasteiger partial charge in [-0.15, -0.1) is 0 Å². The molecule has 0 aromatic rings. The molecule has 204 valence electrons. The number of carbonyl (C=O) groups excluding carboxylic acids is 4.